The van der Waals surface area contributed by atoms with Gasteiger partial charge >= 0.3 is 0 Å². The highest BCUT2D eigenvalue weighted by Crippen LogP contribution is 2.38. The van der Waals surface area contributed by atoms with Gasteiger partial charge in [-0.2, -0.15) is 5.10 Å². The summed E-state index contributed by atoms with van der Waals surface area (Å²) in [6.45, 7) is 0. The lowest BCUT2D eigenvalue weighted by Gasteiger charge is -2.02. The Balaban J connectivity index is 1.66. The Labute approximate surface area is 138 Å². The van der Waals surface area contributed by atoms with E-state index < -0.39 is 0 Å². The normalized spacial score (nSPS) is 14.1. The van der Waals surface area contributed by atoms with Crippen molar-refractivity contribution in [2.75, 3.05) is 5.43 Å². The monoisotopic (exact) mass is 378 g/mol. The lowest BCUT2D eigenvalue weighted by atomic mass is 10.2. The van der Waals surface area contributed by atoms with Crippen molar-refractivity contribution in [2.45, 2.75) is 19.3 Å². The van der Waals surface area contributed by atoms with E-state index in [1.54, 1.807) is 29.0 Å². The Bertz CT molecular complexity index is 837. The Hall–Kier alpha value is -1.31. The topological polar surface area (TPSA) is 50.2 Å². The first-order valence-electron chi connectivity index (χ1n) is 6.59. The maximum absolute atomic E-state index is 4.39. The van der Waals surface area contributed by atoms with E-state index in [0.717, 1.165) is 31.8 Å². The number of nitrogens with zero attached hydrogens (tertiary/aromatic N) is 3. The maximum atomic E-state index is 4.39. The number of aromatic nitrogens is 2. The van der Waals surface area contributed by atoms with Gasteiger partial charge in [0.05, 0.1) is 11.6 Å². The second-order valence-corrected chi connectivity index (χ2v) is 7.74. The van der Waals surface area contributed by atoms with Gasteiger partial charge in [0.1, 0.15) is 11.2 Å². The lowest BCUT2D eigenvalue weighted by Crippen LogP contribution is -1.95. The number of halogens is 1. The van der Waals surface area contributed by atoms with Crippen LogP contribution in [0.25, 0.3) is 10.2 Å². The first kappa shape index (κ1) is 13.4. The summed E-state index contributed by atoms with van der Waals surface area (Å²) in [5.74, 6) is 0.811. The highest BCUT2D eigenvalue weighted by molar-refractivity contribution is 9.10. The Morgan fingerprint density at radius 2 is 2.29 bits per heavy atom. The number of hydrazone groups is 1. The van der Waals surface area contributed by atoms with Gasteiger partial charge in [0.2, 0.25) is 0 Å². The summed E-state index contributed by atoms with van der Waals surface area (Å²) >= 11 is 6.87. The number of anilines is 1. The third kappa shape index (κ3) is 2.49. The van der Waals surface area contributed by atoms with Crippen LogP contribution in [0, 0.1) is 0 Å². The number of rotatable bonds is 3. The standard InChI is InChI=1S/C14H11BrN4S2/c15-8-4-9(20-6-8)5-18-19-13-12-10-2-1-3-11(10)21-14(12)17-7-16-13/h4-7H,1-3H2,(H,16,17,19)/b18-5+. The number of fused-ring (bicyclic) bond motifs is 3. The number of aryl methyl sites for hydroxylation is 2. The summed E-state index contributed by atoms with van der Waals surface area (Å²) in [5.41, 5.74) is 4.49. The molecule has 4 nitrogen and oxygen atoms in total. The van der Waals surface area contributed by atoms with Crippen molar-refractivity contribution in [1.29, 1.82) is 0 Å². The predicted molar refractivity (Wildman–Crippen MR) is 92.7 cm³/mol. The molecule has 0 saturated heterocycles. The minimum atomic E-state index is 0.811. The van der Waals surface area contributed by atoms with E-state index in [0.29, 0.717) is 0 Å². The van der Waals surface area contributed by atoms with Crippen molar-refractivity contribution in [3.8, 4) is 0 Å². The van der Waals surface area contributed by atoms with Crippen molar-refractivity contribution >= 4 is 60.9 Å². The van der Waals surface area contributed by atoms with Gasteiger partial charge in [-0.25, -0.2) is 9.97 Å². The number of hydrogen-bond donors (Lipinski definition) is 1. The molecule has 21 heavy (non-hydrogen) atoms. The molecule has 1 aliphatic rings. The molecule has 1 aliphatic carbocycles. The molecule has 0 aromatic carbocycles. The van der Waals surface area contributed by atoms with E-state index in [1.807, 2.05) is 17.7 Å². The highest BCUT2D eigenvalue weighted by Gasteiger charge is 2.20. The van der Waals surface area contributed by atoms with Crippen LogP contribution in [0.4, 0.5) is 5.82 Å². The molecule has 4 rings (SSSR count). The van der Waals surface area contributed by atoms with Gasteiger partial charge in [-0.05, 0) is 46.8 Å². The van der Waals surface area contributed by atoms with E-state index in [1.165, 1.54) is 23.3 Å². The highest BCUT2D eigenvalue weighted by atomic mass is 79.9. The number of hydrogen-bond acceptors (Lipinski definition) is 6. The van der Waals surface area contributed by atoms with Gasteiger partial charge in [-0.1, -0.05) is 0 Å². The molecule has 0 saturated carbocycles. The molecular formula is C14H11BrN4S2. The zero-order valence-electron chi connectivity index (χ0n) is 11.0. The molecular weight excluding hydrogens is 368 g/mol. The molecule has 3 aromatic rings. The Kier molecular flexibility index (Phi) is 3.48. The fraction of sp³-hybridized carbons (Fsp3) is 0.214. The van der Waals surface area contributed by atoms with Crippen LogP contribution in [-0.4, -0.2) is 16.2 Å². The zero-order valence-corrected chi connectivity index (χ0v) is 14.2. The van der Waals surface area contributed by atoms with Gasteiger partial charge in [0, 0.05) is 19.6 Å². The third-order valence-electron chi connectivity index (χ3n) is 3.45. The summed E-state index contributed by atoms with van der Waals surface area (Å²) in [7, 11) is 0. The van der Waals surface area contributed by atoms with Crippen molar-refractivity contribution in [2.24, 2.45) is 5.10 Å². The van der Waals surface area contributed by atoms with Crippen LogP contribution < -0.4 is 5.43 Å². The van der Waals surface area contributed by atoms with E-state index in [-0.39, 0.29) is 0 Å². The van der Waals surface area contributed by atoms with Crippen LogP contribution >= 0.6 is 38.6 Å². The smallest absolute Gasteiger partial charge is 0.158 e. The summed E-state index contributed by atoms with van der Waals surface area (Å²) in [4.78, 5) is 12.4. The molecule has 7 heteroatoms. The van der Waals surface area contributed by atoms with Crippen molar-refractivity contribution in [3.63, 3.8) is 0 Å². The summed E-state index contributed by atoms with van der Waals surface area (Å²) in [5, 5.41) is 7.50. The van der Waals surface area contributed by atoms with Crippen LogP contribution in [0.5, 0.6) is 0 Å². The minimum absolute atomic E-state index is 0.811. The van der Waals surface area contributed by atoms with Crippen LogP contribution in [-0.2, 0) is 12.8 Å². The molecule has 0 spiro atoms. The van der Waals surface area contributed by atoms with Crippen LogP contribution in [0.1, 0.15) is 21.7 Å². The van der Waals surface area contributed by atoms with Crippen LogP contribution in [0.2, 0.25) is 0 Å². The van der Waals surface area contributed by atoms with Gasteiger partial charge < -0.3 is 0 Å². The average Bonchev–Trinajstić information content (AvgIpc) is 3.14. The van der Waals surface area contributed by atoms with E-state index in [4.69, 9.17) is 0 Å². The first-order chi connectivity index (χ1) is 10.3. The molecule has 0 radical (unpaired) electrons. The summed E-state index contributed by atoms with van der Waals surface area (Å²) in [6, 6.07) is 2.04. The van der Waals surface area contributed by atoms with Crippen LogP contribution in [0.15, 0.2) is 27.3 Å². The zero-order chi connectivity index (χ0) is 14.2. The fourth-order valence-electron chi connectivity index (χ4n) is 2.57. The fourth-order valence-corrected chi connectivity index (χ4v) is 5.10. The maximum Gasteiger partial charge on any atom is 0.158 e. The van der Waals surface area contributed by atoms with E-state index >= 15 is 0 Å². The molecule has 0 bridgehead atoms. The molecule has 0 fully saturated rings. The summed E-state index contributed by atoms with van der Waals surface area (Å²) < 4.78 is 1.08. The van der Waals surface area contributed by atoms with Gasteiger partial charge in [-0.15, -0.1) is 22.7 Å². The quantitative estimate of drug-likeness (QED) is 0.540. The Morgan fingerprint density at radius 1 is 1.33 bits per heavy atom. The van der Waals surface area contributed by atoms with Crippen LogP contribution in [0.3, 0.4) is 0 Å². The largest absolute Gasteiger partial charge is 0.261 e. The van der Waals surface area contributed by atoms with Gasteiger partial charge in [0.25, 0.3) is 0 Å². The molecule has 3 heterocycles. The Morgan fingerprint density at radius 3 is 3.14 bits per heavy atom. The average molecular weight is 379 g/mol. The number of nitrogens with one attached hydrogen (secondary N) is 1. The SMILES string of the molecule is Brc1csc(/C=N/Nc2ncnc3sc4c(c23)CCC4)c1. The van der Waals surface area contributed by atoms with Gasteiger partial charge in [-0.3, -0.25) is 5.43 Å². The third-order valence-corrected chi connectivity index (χ3v) is 6.28. The lowest BCUT2D eigenvalue weighted by molar-refractivity contribution is 0.917. The molecule has 1 N–H and O–H groups in total. The molecule has 3 aromatic heterocycles. The summed E-state index contributed by atoms with van der Waals surface area (Å²) in [6.07, 6.45) is 6.95. The molecule has 0 aliphatic heterocycles. The van der Waals surface area contributed by atoms with Crippen molar-refractivity contribution in [1.82, 2.24) is 9.97 Å². The van der Waals surface area contributed by atoms with E-state index in [2.05, 4.69) is 36.4 Å². The van der Waals surface area contributed by atoms with Crippen molar-refractivity contribution < 1.29 is 0 Å². The van der Waals surface area contributed by atoms with Crippen molar-refractivity contribution in [3.05, 3.63) is 37.6 Å². The van der Waals surface area contributed by atoms with E-state index in [9.17, 15) is 0 Å². The molecule has 0 atom stereocenters. The molecule has 0 amide bonds. The number of thiophene rings is 2. The minimum Gasteiger partial charge on any atom is -0.261 e. The second kappa shape index (κ2) is 5.47. The molecule has 0 unspecified atom stereocenters. The second-order valence-electron chi connectivity index (χ2n) is 4.80. The predicted octanol–water partition coefficient (Wildman–Crippen LogP) is 4.45. The molecule has 106 valence electrons. The van der Waals surface area contributed by atoms with Gasteiger partial charge in [0.15, 0.2) is 5.82 Å². The first-order valence-corrected chi connectivity index (χ1v) is 9.08.